The van der Waals surface area contributed by atoms with Gasteiger partial charge in [0.05, 0.1) is 18.7 Å². The van der Waals surface area contributed by atoms with Crippen LogP contribution in [0.4, 0.5) is 11.5 Å². The van der Waals surface area contributed by atoms with E-state index in [1.165, 1.54) is 6.33 Å². The van der Waals surface area contributed by atoms with Gasteiger partial charge in [0.25, 0.3) is 0 Å². The summed E-state index contributed by atoms with van der Waals surface area (Å²) in [5.41, 5.74) is 1.58. The fourth-order valence-corrected chi connectivity index (χ4v) is 2.59. The lowest BCUT2D eigenvalue weighted by atomic mass is 10.2. The van der Waals surface area contributed by atoms with Crippen LogP contribution in [0.25, 0.3) is 10.9 Å². The van der Waals surface area contributed by atoms with Crippen molar-refractivity contribution in [1.29, 1.82) is 0 Å². The van der Waals surface area contributed by atoms with Crippen LogP contribution >= 0.6 is 0 Å². The molecule has 0 bridgehead atoms. The number of aromatic nitrogens is 2. The van der Waals surface area contributed by atoms with Crippen LogP contribution in [0.15, 0.2) is 54.9 Å². The molecule has 0 unspecified atom stereocenters. The van der Waals surface area contributed by atoms with Crippen LogP contribution in [-0.4, -0.2) is 36.1 Å². The predicted octanol–water partition coefficient (Wildman–Crippen LogP) is 3.10. The molecule has 128 valence electrons. The molecule has 0 aliphatic rings. The van der Waals surface area contributed by atoms with Crippen molar-refractivity contribution in [2.75, 3.05) is 30.4 Å². The Morgan fingerprint density at radius 1 is 1.12 bits per heavy atom. The zero-order valence-electron chi connectivity index (χ0n) is 14.3. The lowest BCUT2D eigenvalue weighted by Gasteiger charge is -2.19. The molecule has 0 atom stereocenters. The maximum absolute atomic E-state index is 12.3. The van der Waals surface area contributed by atoms with Crippen LogP contribution in [0, 0.1) is 0 Å². The summed E-state index contributed by atoms with van der Waals surface area (Å²) < 4.78 is 5.39. The highest BCUT2D eigenvalue weighted by Crippen LogP contribution is 2.21. The second-order valence-corrected chi connectivity index (χ2v) is 5.58. The van der Waals surface area contributed by atoms with E-state index in [4.69, 9.17) is 4.74 Å². The number of hydrogen-bond donors (Lipinski definition) is 1. The van der Waals surface area contributed by atoms with Crippen molar-refractivity contribution in [3.05, 3.63) is 54.9 Å². The molecule has 0 saturated heterocycles. The summed E-state index contributed by atoms with van der Waals surface area (Å²) >= 11 is 0. The van der Waals surface area contributed by atoms with E-state index >= 15 is 0 Å². The van der Waals surface area contributed by atoms with Crippen molar-refractivity contribution in [2.24, 2.45) is 0 Å². The third-order valence-electron chi connectivity index (χ3n) is 3.71. The molecule has 3 rings (SSSR count). The fraction of sp³-hybridized carbons (Fsp3) is 0.211. The summed E-state index contributed by atoms with van der Waals surface area (Å²) in [5.74, 6) is 1.40. The van der Waals surface area contributed by atoms with E-state index in [0.29, 0.717) is 6.61 Å². The van der Waals surface area contributed by atoms with Crippen LogP contribution in [0.2, 0.25) is 0 Å². The molecule has 25 heavy (non-hydrogen) atoms. The minimum absolute atomic E-state index is 0.116. The van der Waals surface area contributed by atoms with Gasteiger partial charge < -0.3 is 15.0 Å². The van der Waals surface area contributed by atoms with E-state index in [1.807, 2.05) is 67.4 Å². The molecule has 3 aromatic rings. The first kappa shape index (κ1) is 16.7. The van der Waals surface area contributed by atoms with Gasteiger partial charge in [0.15, 0.2) is 0 Å². The minimum atomic E-state index is -0.116. The second kappa shape index (κ2) is 7.61. The minimum Gasteiger partial charge on any atom is -0.494 e. The second-order valence-electron chi connectivity index (χ2n) is 5.58. The molecule has 2 aromatic carbocycles. The van der Waals surface area contributed by atoms with Gasteiger partial charge in [-0.2, -0.15) is 0 Å². The van der Waals surface area contributed by atoms with E-state index in [0.717, 1.165) is 28.2 Å². The third-order valence-corrected chi connectivity index (χ3v) is 3.71. The van der Waals surface area contributed by atoms with Crippen molar-refractivity contribution in [1.82, 2.24) is 9.97 Å². The molecule has 6 nitrogen and oxygen atoms in total. The molecule has 0 saturated carbocycles. The maximum atomic E-state index is 12.3. The highest BCUT2D eigenvalue weighted by Gasteiger charge is 2.12. The molecule has 1 amide bonds. The summed E-state index contributed by atoms with van der Waals surface area (Å²) in [6, 6.07) is 15.0. The Hall–Kier alpha value is -3.15. The van der Waals surface area contributed by atoms with Crippen molar-refractivity contribution in [2.45, 2.75) is 6.92 Å². The van der Waals surface area contributed by atoms with E-state index in [2.05, 4.69) is 15.3 Å². The van der Waals surface area contributed by atoms with Gasteiger partial charge in [0, 0.05) is 18.1 Å². The van der Waals surface area contributed by atoms with Crippen molar-refractivity contribution in [3.63, 3.8) is 0 Å². The molecule has 1 aromatic heterocycles. The molecule has 0 aliphatic carbocycles. The number of carbonyl (C=O) groups is 1. The van der Waals surface area contributed by atoms with Gasteiger partial charge in [-0.15, -0.1) is 0 Å². The Morgan fingerprint density at radius 2 is 1.88 bits per heavy atom. The van der Waals surface area contributed by atoms with Crippen molar-refractivity contribution in [3.8, 4) is 5.75 Å². The molecule has 0 fully saturated rings. The first-order chi connectivity index (χ1) is 12.2. The molecular formula is C19H20N4O2. The molecule has 6 heteroatoms. The van der Waals surface area contributed by atoms with Crippen LogP contribution in [0.1, 0.15) is 6.92 Å². The Kier molecular flexibility index (Phi) is 5.09. The highest BCUT2D eigenvalue weighted by atomic mass is 16.5. The van der Waals surface area contributed by atoms with E-state index < -0.39 is 0 Å². The van der Waals surface area contributed by atoms with Gasteiger partial charge in [-0.3, -0.25) is 4.79 Å². The smallest absolute Gasteiger partial charge is 0.243 e. The molecule has 1 heterocycles. The van der Waals surface area contributed by atoms with Gasteiger partial charge >= 0.3 is 0 Å². The van der Waals surface area contributed by atoms with Crippen LogP contribution in [0.3, 0.4) is 0 Å². The predicted molar refractivity (Wildman–Crippen MR) is 99.0 cm³/mol. The normalized spacial score (nSPS) is 10.5. The SMILES string of the molecule is CCOc1ccc(NC(=O)CN(C)c2ncnc3ccccc23)cc1. The number of nitrogens with zero attached hydrogens (tertiary/aromatic N) is 3. The monoisotopic (exact) mass is 336 g/mol. The first-order valence-corrected chi connectivity index (χ1v) is 8.11. The maximum Gasteiger partial charge on any atom is 0.243 e. The standard InChI is InChI=1S/C19H20N4O2/c1-3-25-15-10-8-14(9-11-15)22-18(24)12-23(2)19-16-6-4-5-7-17(16)20-13-21-19/h4-11,13H,3,12H2,1-2H3,(H,22,24). The summed E-state index contributed by atoms with van der Waals surface area (Å²) in [5, 5.41) is 3.80. The zero-order chi connectivity index (χ0) is 17.6. The highest BCUT2D eigenvalue weighted by molar-refractivity contribution is 5.96. The number of para-hydroxylation sites is 1. The zero-order valence-corrected chi connectivity index (χ0v) is 14.3. The van der Waals surface area contributed by atoms with Crippen LogP contribution < -0.4 is 15.0 Å². The molecule has 0 spiro atoms. The van der Waals surface area contributed by atoms with Gasteiger partial charge in [-0.05, 0) is 43.3 Å². The Bertz CT molecular complexity index is 859. The number of likely N-dealkylation sites (N-methyl/N-ethyl adjacent to an activating group) is 1. The largest absolute Gasteiger partial charge is 0.494 e. The van der Waals surface area contributed by atoms with E-state index in [-0.39, 0.29) is 12.5 Å². The summed E-state index contributed by atoms with van der Waals surface area (Å²) in [6.45, 7) is 2.74. The molecule has 0 radical (unpaired) electrons. The van der Waals surface area contributed by atoms with Gasteiger partial charge in [0.2, 0.25) is 5.91 Å². The number of benzene rings is 2. The number of fused-ring (bicyclic) bond motifs is 1. The average molecular weight is 336 g/mol. The Morgan fingerprint density at radius 3 is 2.64 bits per heavy atom. The topological polar surface area (TPSA) is 67.3 Å². The summed E-state index contributed by atoms with van der Waals surface area (Å²) in [4.78, 5) is 22.7. The van der Waals surface area contributed by atoms with Gasteiger partial charge in [-0.1, -0.05) is 12.1 Å². The number of hydrogen-bond acceptors (Lipinski definition) is 5. The van der Waals surface area contributed by atoms with Crippen molar-refractivity contribution >= 4 is 28.3 Å². The first-order valence-electron chi connectivity index (χ1n) is 8.11. The third kappa shape index (κ3) is 4.03. The molecule has 0 aliphatic heterocycles. The van der Waals surface area contributed by atoms with E-state index in [9.17, 15) is 4.79 Å². The molecular weight excluding hydrogens is 316 g/mol. The lowest BCUT2D eigenvalue weighted by molar-refractivity contribution is -0.114. The Labute approximate surface area is 146 Å². The number of carbonyl (C=O) groups excluding carboxylic acids is 1. The summed E-state index contributed by atoms with van der Waals surface area (Å²) in [7, 11) is 1.84. The number of nitrogens with one attached hydrogen (secondary N) is 1. The number of anilines is 2. The Balaban J connectivity index is 1.67. The van der Waals surface area contributed by atoms with Gasteiger partial charge in [-0.25, -0.2) is 9.97 Å². The molecule has 1 N–H and O–H groups in total. The van der Waals surface area contributed by atoms with E-state index in [1.54, 1.807) is 0 Å². The van der Waals surface area contributed by atoms with Crippen LogP contribution in [-0.2, 0) is 4.79 Å². The fourth-order valence-electron chi connectivity index (χ4n) is 2.59. The van der Waals surface area contributed by atoms with Gasteiger partial charge in [0.1, 0.15) is 17.9 Å². The van der Waals surface area contributed by atoms with Crippen LogP contribution in [0.5, 0.6) is 5.75 Å². The number of amides is 1. The average Bonchev–Trinajstić information content (AvgIpc) is 2.63. The number of ether oxygens (including phenoxy) is 1. The summed E-state index contributed by atoms with van der Waals surface area (Å²) in [6.07, 6.45) is 1.51. The quantitative estimate of drug-likeness (QED) is 0.749. The van der Waals surface area contributed by atoms with Crippen molar-refractivity contribution < 1.29 is 9.53 Å². The number of rotatable bonds is 6. The lowest BCUT2D eigenvalue weighted by Crippen LogP contribution is -2.30.